The Labute approximate surface area is 95.7 Å². The standard InChI is InChI=1S/C13H15NO2/c1-9(2)13(15)11(8-14)10-6-4-5-7-12(10)16-3/h4-7,9,11H,1-3H3/t11-/m0/s1. The maximum absolute atomic E-state index is 11.9. The maximum Gasteiger partial charge on any atom is 0.157 e. The van der Waals surface area contributed by atoms with Crippen LogP contribution in [0.3, 0.4) is 0 Å². The zero-order valence-corrected chi connectivity index (χ0v) is 9.73. The number of carbonyl (C=O) groups excluding carboxylic acids is 1. The van der Waals surface area contributed by atoms with Gasteiger partial charge in [-0.1, -0.05) is 32.0 Å². The normalized spacial score (nSPS) is 11.9. The minimum absolute atomic E-state index is 0.0769. The first kappa shape index (κ1) is 12.3. The van der Waals surface area contributed by atoms with Gasteiger partial charge in [0.2, 0.25) is 0 Å². The summed E-state index contributed by atoms with van der Waals surface area (Å²) in [5.74, 6) is -0.388. The third kappa shape index (κ3) is 2.40. The summed E-state index contributed by atoms with van der Waals surface area (Å²) in [5, 5.41) is 9.09. The Morgan fingerprint density at radius 2 is 2.00 bits per heavy atom. The number of hydrogen-bond donors (Lipinski definition) is 0. The number of hydrogen-bond acceptors (Lipinski definition) is 3. The highest BCUT2D eigenvalue weighted by Crippen LogP contribution is 2.28. The first-order chi connectivity index (χ1) is 7.61. The molecule has 1 aromatic carbocycles. The van der Waals surface area contributed by atoms with Crippen molar-refractivity contribution < 1.29 is 9.53 Å². The number of ether oxygens (including phenoxy) is 1. The summed E-state index contributed by atoms with van der Waals surface area (Å²) in [7, 11) is 1.53. The molecular formula is C13H15NO2. The van der Waals surface area contributed by atoms with Crippen molar-refractivity contribution in [1.29, 1.82) is 5.26 Å². The Bertz CT molecular complexity index is 418. The molecule has 0 fully saturated rings. The van der Waals surface area contributed by atoms with E-state index in [1.54, 1.807) is 32.0 Å². The lowest BCUT2D eigenvalue weighted by atomic mass is 9.89. The summed E-state index contributed by atoms with van der Waals surface area (Å²) in [6.45, 7) is 3.59. The molecule has 0 aliphatic rings. The van der Waals surface area contributed by atoms with Gasteiger partial charge in [-0.2, -0.15) is 5.26 Å². The second-order valence-corrected chi connectivity index (χ2v) is 3.86. The van der Waals surface area contributed by atoms with Crippen LogP contribution < -0.4 is 4.74 Å². The Balaban J connectivity index is 3.15. The van der Waals surface area contributed by atoms with Crippen LogP contribution in [0.15, 0.2) is 24.3 Å². The van der Waals surface area contributed by atoms with Crippen LogP contribution in [0.5, 0.6) is 5.75 Å². The van der Waals surface area contributed by atoms with Gasteiger partial charge in [0.05, 0.1) is 13.2 Å². The van der Waals surface area contributed by atoms with Crippen molar-refractivity contribution in [3.05, 3.63) is 29.8 Å². The average molecular weight is 217 g/mol. The third-order valence-corrected chi connectivity index (χ3v) is 2.43. The molecule has 3 heteroatoms. The molecule has 16 heavy (non-hydrogen) atoms. The van der Waals surface area contributed by atoms with Gasteiger partial charge in [-0.25, -0.2) is 0 Å². The van der Waals surface area contributed by atoms with E-state index >= 15 is 0 Å². The van der Waals surface area contributed by atoms with Crippen LogP contribution in [0.2, 0.25) is 0 Å². The molecule has 0 saturated carbocycles. The highest BCUT2D eigenvalue weighted by Gasteiger charge is 2.25. The summed E-state index contributed by atoms with van der Waals surface area (Å²) in [6.07, 6.45) is 0. The summed E-state index contributed by atoms with van der Waals surface area (Å²) in [4.78, 5) is 11.9. The second kappa shape index (κ2) is 5.32. The summed E-state index contributed by atoms with van der Waals surface area (Å²) >= 11 is 0. The summed E-state index contributed by atoms with van der Waals surface area (Å²) in [5.41, 5.74) is 0.645. The number of nitrogens with zero attached hydrogens (tertiary/aromatic N) is 1. The van der Waals surface area contributed by atoms with Crippen molar-refractivity contribution in [3.8, 4) is 11.8 Å². The van der Waals surface area contributed by atoms with Crippen LogP contribution >= 0.6 is 0 Å². The SMILES string of the molecule is COc1ccccc1[C@H](C#N)C(=O)C(C)C. The van der Waals surface area contributed by atoms with Gasteiger partial charge in [-0.3, -0.25) is 4.79 Å². The fourth-order valence-corrected chi connectivity index (χ4v) is 1.52. The highest BCUT2D eigenvalue weighted by atomic mass is 16.5. The molecule has 1 atom stereocenters. The van der Waals surface area contributed by atoms with Crippen molar-refractivity contribution in [2.45, 2.75) is 19.8 Å². The van der Waals surface area contributed by atoms with Gasteiger partial charge in [0, 0.05) is 11.5 Å². The first-order valence-electron chi connectivity index (χ1n) is 5.18. The van der Waals surface area contributed by atoms with E-state index in [1.807, 2.05) is 12.1 Å². The molecule has 1 aromatic rings. The molecule has 1 rings (SSSR count). The molecule has 0 heterocycles. The summed E-state index contributed by atoms with van der Waals surface area (Å²) < 4.78 is 5.15. The number of carbonyl (C=O) groups is 1. The van der Waals surface area contributed by atoms with Crippen LogP contribution in [0.25, 0.3) is 0 Å². The van der Waals surface area contributed by atoms with E-state index in [1.165, 1.54) is 7.11 Å². The van der Waals surface area contributed by atoms with E-state index in [9.17, 15) is 4.79 Å². The molecule has 0 spiro atoms. The van der Waals surface area contributed by atoms with Gasteiger partial charge >= 0.3 is 0 Å². The largest absolute Gasteiger partial charge is 0.496 e. The number of nitriles is 1. The molecule has 0 N–H and O–H groups in total. The number of methoxy groups -OCH3 is 1. The second-order valence-electron chi connectivity index (χ2n) is 3.86. The van der Waals surface area contributed by atoms with E-state index in [0.29, 0.717) is 11.3 Å². The van der Waals surface area contributed by atoms with Crippen LogP contribution in [0.4, 0.5) is 0 Å². The van der Waals surface area contributed by atoms with E-state index in [-0.39, 0.29) is 11.7 Å². The van der Waals surface area contributed by atoms with Crippen molar-refractivity contribution in [1.82, 2.24) is 0 Å². The van der Waals surface area contributed by atoms with E-state index in [2.05, 4.69) is 0 Å². The Kier molecular flexibility index (Phi) is 4.07. The Morgan fingerprint density at radius 1 is 1.38 bits per heavy atom. The molecule has 84 valence electrons. The molecule has 0 aliphatic heterocycles. The van der Waals surface area contributed by atoms with Gasteiger partial charge in [0.1, 0.15) is 11.7 Å². The molecule has 0 amide bonds. The van der Waals surface area contributed by atoms with Crippen molar-refractivity contribution in [2.75, 3.05) is 7.11 Å². The Hall–Kier alpha value is -1.82. The molecule has 0 aliphatic carbocycles. The maximum atomic E-state index is 11.9. The Morgan fingerprint density at radius 3 is 2.50 bits per heavy atom. The smallest absolute Gasteiger partial charge is 0.157 e. The fourth-order valence-electron chi connectivity index (χ4n) is 1.52. The van der Waals surface area contributed by atoms with Gasteiger partial charge in [-0.05, 0) is 6.07 Å². The minimum atomic E-state index is -0.740. The van der Waals surface area contributed by atoms with E-state index in [4.69, 9.17) is 10.00 Å². The third-order valence-electron chi connectivity index (χ3n) is 2.43. The van der Waals surface area contributed by atoms with Gasteiger partial charge in [0.15, 0.2) is 5.78 Å². The molecule has 0 saturated heterocycles. The monoisotopic (exact) mass is 217 g/mol. The number of benzene rings is 1. The topological polar surface area (TPSA) is 50.1 Å². The van der Waals surface area contributed by atoms with Crippen LogP contribution in [-0.2, 0) is 4.79 Å². The van der Waals surface area contributed by atoms with Crippen molar-refractivity contribution in [3.63, 3.8) is 0 Å². The van der Waals surface area contributed by atoms with Crippen LogP contribution in [-0.4, -0.2) is 12.9 Å². The number of Topliss-reactive ketones (excluding diaryl/α,β-unsaturated/α-hetero) is 1. The van der Waals surface area contributed by atoms with Crippen molar-refractivity contribution in [2.24, 2.45) is 5.92 Å². The lowest BCUT2D eigenvalue weighted by Crippen LogP contribution is -2.17. The predicted octanol–water partition coefficient (Wildman–Crippen LogP) is 2.53. The van der Waals surface area contributed by atoms with Gasteiger partial charge in [-0.15, -0.1) is 0 Å². The van der Waals surface area contributed by atoms with Gasteiger partial charge in [0.25, 0.3) is 0 Å². The first-order valence-corrected chi connectivity index (χ1v) is 5.18. The average Bonchev–Trinajstić information content (AvgIpc) is 2.30. The molecule has 0 aromatic heterocycles. The zero-order valence-electron chi connectivity index (χ0n) is 9.73. The zero-order chi connectivity index (χ0) is 12.1. The number of para-hydroxylation sites is 1. The minimum Gasteiger partial charge on any atom is -0.496 e. The highest BCUT2D eigenvalue weighted by molar-refractivity contribution is 5.90. The summed E-state index contributed by atoms with van der Waals surface area (Å²) in [6, 6.07) is 9.18. The van der Waals surface area contributed by atoms with E-state index in [0.717, 1.165) is 0 Å². The number of rotatable bonds is 4. The molecule has 0 radical (unpaired) electrons. The molecule has 0 unspecified atom stereocenters. The lowest BCUT2D eigenvalue weighted by Gasteiger charge is -2.14. The van der Waals surface area contributed by atoms with E-state index < -0.39 is 5.92 Å². The quantitative estimate of drug-likeness (QED) is 0.778. The predicted molar refractivity (Wildman–Crippen MR) is 61.2 cm³/mol. The fraction of sp³-hybridized carbons (Fsp3) is 0.385. The van der Waals surface area contributed by atoms with Crippen molar-refractivity contribution >= 4 is 5.78 Å². The number of ketones is 1. The molecule has 0 bridgehead atoms. The molecular weight excluding hydrogens is 202 g/mol. The van der Waals surface area contributed by atoms with Crippen LogP contribution in [0.1, 0.15) is 25.3 Å². The molecule has 3 nitrogen and oxygen atoms in total. The van der Waals surface area contributed by atoms with Gasteiger partial charge < -0.3 is 4.74 Å². The lowest BCUT2D eigenvalue weighted by molar-refractivity contribution is -0.122. The van der Waals surface area contributed by atoms with Crippen LogP contribution in [0, 0.1) is 17.2 Å².